The first-order valence-electron chi connectivity index (χ1n) is 5.85. The van der Waals surface area contributed by atoms with Gasteiger partial charge in [-0.25, -0.2) is 0 Å². The monoisotopic (exact) mass is 235 g/mol. The molecule has 0 bridgehead atoms. The molecule has 0 aromatic heterocycles. The van der Waals surface area contributed by atoms with Crippen molar-refractivity contribution in [2.45, 2.75) is 31.9 Å². The summed E-state index contributed by atoms with van der Waals surface area (Å²) in [7, 11) is 0. The molecule has 1 heterocycles. The quantitative estimate of drug-likeness (QED) is 0.811. The predicted octanol–water partition coefficient (Wildman–Crippen LogP) is 1.44. The number of para-hydroxylation sites is 1. The Morgan fingerprint density at radius 1 is 1.59 bits per heavy atom. The van der Waals surface area contributed by atoms with Crippen molar-refractivity contribution in [2.24, 2.45) is 0 Å². The number of aliphatic carboxylic acids is 1. The summed E-state index contributed by atoms with van der Waals surface area (Å²) in [5.41, 5.74) is 1.23. The molecule has 0 amide bonds. The summed E-state index contributed by atoms with van der Waals surface area (Å²) in [6.07, 6.45) is 1.14. The lowest BCUT2D eigenvalue weighted by Gasteiger charge is -2.15. The van der Waals surface area contributed by atoms with Gasteiger partial charge in [-0.3, -0.25) is 4.79 Å². The second-order valence-corrected chi connectivity index (χ2v) is 4.46. The molecule has 0 radical (unpaired) electrons. The number of hydrogen-bond donors (Lipinski definition) is 2. The first-order chi connectivity index (χ1) is 8.15. The summed E-state index contributed by atoms with van der Waals surface area (Å²) in [4.78, 5) is 10.5. The van der Waals surface area contributed by atoms with Gasteiger partial charge in [-0.1, -0.05) is 18.2 Å². The summed E-state index contributed by atoms with van der Waals surface area (Å²) in [6, 6.07) is 7.97. The molecule has 2 rings (SSSR count). The van der Waals surface area contributed by atoms with Gasteiger partial charge in [-0.2, -0.15) is 0 Å². The molecule has 1 aromatic carbocycles. The number of carboxylic acid groups (broad SMARTS) is 1. The lowest BCUT2D eigenvalue weighted by atomic mass is 10.1. The van der Waals surface area contributed by atoms with Crippen LogP contribution in [0.15, 0.2) is 24.3 Å². The van der Waals surface area contributed by atoms with E-state index in [1.165, 1.54) is 5.56 Å². The minimum atomic E-state index is -0.777. The van der Waals surface area contributed by atoms with Crippen molar-refractivity contribution in [1.82, 2.24) is 5.32 Å². The molecule has 4 nitrogen and oxygen atoms in total. The molecule has 0 fully saturated rings. The van der Waals surface area contributed by atoms with Gasteiger partial charge in [-0.15, -0.1) is 0 Å². The van der Waals surface area contributed by atoms with Crippen LogP contribution < -0.4 is 10.1 Å². The summed E-state index contributed by atoms with van der Waals surface area (Å²) in [5, 5.41) is 11.8. The number of nitrogens with one attached hydrogen (secondary N) is 1. The second-order valence-electron chi connectivity index (χ2n) is 4.46. The fourth-order valence-corrected chi connectivity index (χ4v) is 2.03. The van der Waals surface area contributed by atoms with Gasteiger partial charge in [0.05, 0.1) is 6.42 Å². The minimum Gasteiger partial charge on any atom is -0.488 e. The van der Waals surface area contributed by atoms with Crippen molar-refractivity contribution in [3.8, 4) is 5.75 Å². The standard InChI is InChI=1S/C13H17NO3/c1-9(6-13(15)16)14-8-11-7-10-4-2-3-5-12(10)17-11/h2-5,9,11,14H,6-8H2,1H3,(H,15,16). The maximum atomic E-state index is 10.5. The molecule has 1 aliphatic heterocycles. The lowest BCUT2D eigenvalue weighted by Crippen LogP contribution is -2.36. The molecule has 17 heavy (non-hydrogen) atoms. The molecule has 2 unspecified atom stereocenters. The van der Waals surface area contributed by atoms with E-state index < -0.39 is 5.97 Å². The average molecular weight is 235 g/mol. The van der Waals surface area contributed by atoms with Crippen molar-refractivity contribution < 1.29 is 14.6 Å². The highest BCUT2D eigenvalue weighted by Gasteiger charge is 2.22. The molecule has 92 valence electrons. The molecule has 0 aliphatic carbocycles. The van der Waals surface area contributed by atoms with Gasteiger partial charge >= 0.3 is 5.97 Å². The Kier molecular flexibility index (Phi) is 3.64. The van der Waals surface area contributed by atoms with Crippen LogP contribution in [0.2, 0.25) is 0 Å². The van der Waals surface area contributed by atoms with Crippen LogP contribution in [0.3, 0.4) is 0 Å². The number of carbonyl (C=O) groups is 1. The van der Waals surface area contributed by atoms with Gasteiger partial charge in [0, 0.05) is 19.0 Å². The van der Waals surface area contributed by atoms with Crippen molar-refractivity contribution in [3.05, 3.63) is 29.8 Å². The third-order valence-electron chi connectivity index (χ3n) is 2.89. The van der Waals surface area contributed by atoms with Crippen LogP contribution in [-0.2, 0) is 11.2 Å². The van der Waals surface area contributed by atoms with Crippen LogP contribution >= 0.6 is 0 Å². The maximum absolute atomic E-state index is 10.5. The van der Waals surface area contributed by atoms with Crippen molar-refractivity contribution in [2.75, 3.05) is 6.54 Å². The van der Waals surface area contributed by atoms with E-state index in [0.717, 1.165) is 12.2 Å². The van der Waals surface area contributed by atoms with Crippen LogP contribution in [0.25, 0.3) is 0 Å². The predicted molar refractivity (Wildman–Crippen MR) is 64.3 cm³/mol. The van der Waals surface area contributed by atoms with E-state index in [0.29, 0.717) is 6.54 Å². The van der Waals surface area contributed by atoms with Gasteiger partial charge < -0.3 is 15.2 Å². The van der Waals surface area contributed by atoms with Crippen LogP contribution in [0, 0.1) is 0 Å². The highest BCUT2D eigenvalue weighted by atomic mass is 16.5. The zero-order chi connectivity index (χ0) is 12.3. The number of benzene rings is 1. The zero-order valence-electron chi connectivity index (χ0n) is 9.85. The number of carboxylic acids is 1. The van der Waals surface area contributed by atoms with Gasteiger partial charge in [-0.05, 0) is 18.6 Å². The van der Waals surface area contributed by atoms with Crippen LogP contribution in [0.4, 0.5) is 0 Å². The van der Waals surface area contributed by atoms with Crippen LogP contribution in [0.1, 0.15) is 18.9 Å². The van der Waals surface area contributed by atoms with E-state index in [9.17, 15) is 4.79 Å². The SMILES string of the molecule is CC(CC(=O)O)NCC1Cc2ccccc2O1. The average Bonchev–Trinajstić information content (AvgIpc) is 2.68. The van der Waals surface area contributed by atoms with Crippen molar-refractivity contribution in [1.29, 1.82) is 0 Å². The lowest BCUT2D eigenvalue weighted by molar-refractivity contribution is -0.137. The van der Waals surface area contributed by atoms with E-state index in [2.05, 4.69) is 11.4 Å². The van der Waals surface area contributed by atoms with E-state index in [1.807, 2.05) is 25.1 Å². The summed E-state index contributed by atoms with van der Waals surface area (Å²) in [6.45, 7) is 2.55. The Bertz CT molecular complexity index is 380. The number of fused-ring (bicyclic) bond motifs is 1. The van der Waals surface area contributed by atoms with Crippen LogP contribution in [0.5, 0.6) is 5.75 Å². The summed E-state index contributed by atoms with van der Waals surface area (Å²) >= 11 is 0. The summed E-state index contributed by atoms with van der Waals surface area (Å²) in [5.74, 6) is 0.172. The van der Waals surface area contributed by atoms with Crippen molar-refractivity contribution in [3.63, 3.8) is 0 Å². The highest BCUT2D eigenvalue weighted by Crippen LogP contribution is 2.27. The van der Waals surface area contributed by atoms with E-state index in [1.54, 1.807) is 0 Å². The zero-order valence-corrected chi connectivity index (χ0v) is 9.85. The molecule has 1 aromatic rings. The topological polar surface area (TPSA) is 58.6 Å². The van der Waals surface area contributed by atoms with Crippen molar-refractivity contribution >= 4 is 5.97 Å². The Hall–Kier alpha value is -1.55. The molecule has 0 saturated heterocycles. The van der Waals surface area contributed by atoms with Crippen LogP contribution in [-0.4, -0.2) is 29.8 Å². The number of ether oxygens (including phenoxy) is 1. The van der Waals surface area contributed by atoms with Gasteiger partial charge in [0.25, 0.3) is 0 Å². The molecule has 2 atom stereocenters. The van der Waals surface area contributed by atoms with E-state index in [-0.39, 0.29) is 18.6 Å². The molecule has 1 aliphatic rings. The Balaban J connectivity index is 1.78. The second kappa shape index (κ2) is 5.19. The molecular weight excluding hydrogens is 218 g/mol. The third kappa shape index (κ3) is 3.20. The van der Waals surface area contributed by atoms with Gasteiger partial charge in [0.1, 0.15) is 11.9 Å². The largest absolute Gasteiger partial charge is 0.488 e. The van der Waals surface area contributed by atoms with E-state index in [4.69, 9.17) is 9.84 Å². The molecule has 2 N–H and O–H groups in total. The number of rotatable bonds is 5. The smallest absolute Gasteiger partial charge is 0.304 e. The fraction of sp³-hybridized carbons (Fsp3) is 0.462. The molecule has 0 saturated carbocycles. The third-order valence-corrected chi connectivity index (χ3v) is 2.89. The Morgan fingerprint density at radius 3 is 3.06 bits per heavy atom. The highest BCUT2D eigenvalue weighted by molar-refractivity contribution is 5.67. The minimum absolute atomic E-state index is 0.0280. The molecule has 0 spiro atoms. The number of hydrogen-bond acceptors (Lipinski definition) is 3. The van der Waals surface area contributed by atoms with E-state index >= 15 is 0 Å². The fourth-order valence-electron chi connectivity index (χ4n) is 2.03. The Labute approximate surface area is 101 Å². The van der Waals surface area contributed by atoms with Gasteiger partial charge in [0.2, 0.25) is 0 Å². The first kappa shape index (κ1) is 11.9. The normalized spacial score (nSPS) is 19.5. The maximum Gasteiger partial charge on any atom is 0.304 e. The first-order valence-corrected chi connectivity index (χ1v) is 5.85. The molecule has 4 heteroatoms. The summed E-state index contributed by atoms with van der Waals surface area (Å²) < 4.78 is 5.75. The Morgan fingerprint density at radius 2 is 2.35 bits per heavy atom. The molecular formula is C13H17NO3. The van der Waals surface area contributed by atoms with Gasteiger partial charge in [0.15, 0.2) is 0 Å².